The van der Waals surface area contributed by atoms with Crippen LogP contribution in [0.25, 0.3) is 11.3 Å². The van der Waals surface area contributed by atoms with E-state index in [0.717, 1.165) is 10.2 Å². The first-order valence-electron chi connectivity index (χ1n) is 7.84. The maximum Gasteiger partial charge on any atom is 0.267 e. The lowest BCUT2D eigenvalue weighted by Crippen LogP contribution is -2.29. The summed E-state index contributed by atoms with van der Waals surface area (Å²) in [6.07, 6.45) is 0. The molecule has 0 fully saturated rings. The number of rotatable bonds is 5. The molecule has 0 unspecified atom stereocenters. The van der Waals surface area contributed by atoms with Crippen LogP contribution in [-0.2, 0) is 11.3 Å². The molecule has 1 N–H and O–H groups in total. The summed E-state index contributed by atoms with van der Waals surface area (Å²) < 4.78 is 6.43. The predicted molar refractivity (Wildman–Crippen MR) is 101 cm³/mol. The number of carbonyl (C=O) groups is 1. The van der Waals surface area contributed by atoms with Gasteiger partial charge in [-0.3, -0.25) is 9.59 Å². The molecule has 0 bridgehead atoms. The van der Waals surface area contributed by atoms with Gasteiger partial charge in [-0.1, -0.05) is 35.9 Å². The number of carbonyl (C=O) groups excluding carboxylic acids is 1. The molecule has 26 heavy (non-hydrogen) atoms. The van der Waals surface area contributed by atoms with Crippen molar-refractivity contribution in [2.45, 2.75) is 6.54 Å². The number of anilines is 1. The van der Waals surface area contributed by atoms with Crippen LogP contribution < -0.4 is 15.6 Å². The third-order valence-corrected chi connectivity index (χ3v) is 4.02. The minimum absolute atomic E-state index is 0.229. The summed E-state index contributed by atoms with van der Waals surface area (Å²) in [4.78, 5) is 24.3. The van der Waals surface area contributed by atoms with Crippen molar-refractivity contribution in [3.05, 3.63) is 76.0 Å². The summed E-state index contributed by atoms with van der Waals surface area (Å²) in [5.74, 6) is 0.232. The number of nitrogens with one attached hydrogen (secondary N) is 1. The number of aromatic nitrogens is 2. The van der Waals surface area contributed by atoms with Gasteiger partial charge in [0, 0.05) is 11.6 Å². The zero-order valence-corrected chi connectivity index (χ0v) is 14.7. The third-order valence-electron chi connectivity index (χ3n) is 3.69. The van der Waals surface area contributed by atoms with E-state index in [1.165, 1.54) is 6.07 Å². The van der Waals surface area contributed by atoms with Gasteiger partial charge in [0.25, 0.3) is 5.56 Å². The molecule has 3 rings (SSSR count). The Morgan fingerprint density at radius 1 is 1.12 bits per heavy atom. The van der Waals surface area contributed by atoms with E-state index >= 15 is 0 Å². The summed E-state index contributed by atoms with van der Waals surface area (Å²) in [7, 11) is 1.56. The lowest BCUT2D eigenvalue weighted by molar-refractivity contribution is -0.117. The van der Waals surface area contributed by atoms with Crippen molar-refractivity contribution in [2.24, 2.45) is 0 Å². The van der Waals surface area contributed by atoms with Gasteiger partial charge in [0.05, 0.1) is 23.5 Å². The molecule has 7 heteroatoms. The van der Waals surface area contributed by atoms with Crippen LogP contribution in [0.5, 0.6) is 5.75 Å². The van der Waals surface area contributed by atoms with E-state index in [-0.39, 0.29) is 12.1 Å². The quantitative estimate of drug-likeness (QED) is 0.749. The van der Waals surface area contributed by atoms with Crippen LogP contribution in [0, 0.1) is 0 Å². The Morgan fingerprint density at radius 2 is 1.85 bits per heavy atom. The van der Waals surface area contributed by atoms with Crippen molar-refractivity contribution in [1.82, 2.24) is 9.78 Å². The van der Waals surface area contributed by atoms with E-state index in [1.54, 1.807) is 43.5 Å². The molecular weight excluding hydrogens is 354 g/mol. The van der Waals surface area contributed by atoms with Crippen LogP contribution in [0.4, 0.5) is 5.69 Å². The Morgan fingerprint density at radius 3 is 2.62 bits per heavy atom. The predicted octanol–water partition coefficient (Wildman–Crippen LogP) is 3.21. The van der Waals surface area contributed by atoms with Gasteiger partial charge in [0.2, 0.25) is 5.91 Å². The van der Waals surface area contributed by atoms with E-state index in [2.05, 4.69) is 10.4 Å². The number of amides is 1. The highest BCUT2D eigenvalue weighted by Gasteiger charge is 2.11. The van der Waals surface area contributed by atoms with Gasteiger partial charge in [0.1, 0.15) is 12.3 Å². The molecule has 0 atom stereocenters. The summed E-state index contributed by atoms with van der Waals surface area (Å²) in [6, 6.07) is 17.2. The first-order chi connectivity index (χ1) is 12.6. The molecule has 0 aliphatic heterocycles. The Balaban J connectivity index is 1.85. The maximum atomic E-state index is 12.3. The van der Waals surface area contributed by atoms with E-state index in [4.69, 9.17) is 16.3 Å². The highest BCUT2D eigenvalue weighted by Crippen LogP contribution is 2.27. The summed E-state index contributed by atoms with van der Waals surface area (Å²) in [6.45, 7) is -0.229. The second-order valence-electron chi connectivity index (χ2n) is 5.44. The van der Waals surface area contributed by atoms with Gasteiger partial charge in [0.15, 0.2) is 0 Å². The van der Waals surface area contributed by atoms with Gasteiger partial charge in [-0.05, 0) is 30.3 Å². The van der Waals surface area contributed by atoms with Gasteiger partial charge in [-0.2, -0.15) is 5.10 Å². The normalized spacial score (nSPS) is 10.4. The van der Waals surface area contributed by atoms with E-state index in [1.807, 2.05) is 18.2 Å². The minimum atomic E-state index is -0.398. The zero-order valence-electron chi connectivity index (χ0n) is 14.0. The second kappa shape index (κ2) is 7.84. The van der Waals surface area contributed by atoms with Crippen molar-refractivity contribution in [1.29, 1.82) is 0 Å². The van der Waals surface area contributed by atoms with E-state index < -0.39 is 5.91 Å². The number of nitrogens with zero attached hydrogens (tertiary/aromatic N) is 2. The number of halogens is 1. The SMILES string of the molecule is COc1ccccc1-c1ccc(=O)n(CC(=O)Nc2ccccc2Cl)n1. The summed E-state index contributed by atoms with van der Waals surface area (Å²) >= 11 is 6.03. The molecule has 1 amide bonds. The molecular formula is C19H16ClN3O3. The number of hydrogen-bond donors (Lipinski definition) is 1. The average molecular weight is 370 g/mol. The fraction of sp³-hybridized carbons (Fsp3) is 0.105. The molecule has 1 aromatic heterocycles. The number of methoxy groups -OCH3 is 1. The monoisotopic (exact) mass is 369 g/mol. The Bertz CT molecular complexity index is 1000. The number of para-hydroxylation sites is 2. The largest absolute Gasteiger partial charge is 0.496 e. The molecule has 6 nitrogen and oxygen atoms in total. The number of benzene rings is 2. The molecule has 0 saturated carbocycles. The molecule has 0 saturated heterocycles. The molecule has 132 valence electrons. The number of hydrogen-bond acceptors (Lipinski definition) is 4. The Labute approximate surface area is 155 Å². The first-order valence-corrected chi connectivity index (χ1v) is 8.22. The highest BCUT2D eigenvalue weighted by atomic mass is 35.5. The molecule has 0 aliphatic rings. The van der Waals surface area contributed by atoms with Gasteiger partial charge < -0.3 is 10.1 Å². The standard InChI is InChI=1S/C19H16ClN3O3/c1-26-17-9-5-2-6-13(17)15-10-11-19(25)23(22-15)12-18(24)21-16-8-4-3-7-14(16)20/h2-11H,12H2,1H3,(H,21,24). The van der Waals surface area contributed by atoms with Crippen molar-refractivity contribution >= 4 is 23.2 Å². The second-order valence-corrected chi connectivity index (χ2v) is 5.85. The molecule has 0 radical (unpaired) electrons. The summed E-state index contributed by atoms with van der Waals surface area (Å²) in [5, 5.41) is 7.38. The Kier molecular flexibility index (Phi) is 5.34. The zero-order chi connectivity index (χ0) is 18.5. The van der Waals surface area contributed by atoms with Crippen LogP contribution in [0.15, 0.2) is 65.5 Å². The van der Waals surface area contributed by atoms with Crippen LogP contribution in [0.3, 0.4) is 0 Å². The topological polar surface area (TPSA) is 73.2 Å². The van der Waals surface area contributed by atoms with Crippen molar-refractivity contribution in [3.8, 4) is 17.0 Å². The van der Waals surface area contributed by atoms with Gasteiger partial charge in [-0.25, -0.2) is 4.68 Å². The van der Waals surface area contributed by atoms with Crippen LogP contribution in [0.1, 0.15) is 0 Å². The minimum Gasteiger partial charge on any atom is -0.496 e. The van der Waals surface area contributed by atoms with Crippen LogP contribution in [0.2, 0.25) is 5.02 Å². The smallest absolute Gasteiger partial charge is 0.267 e. The van der Waals surface area contributed by atoms with E-state index in [9.17, 15) is 9.59 Å². The lowest BCUT2D eigenvalue weighted by atomic mass is 10.1. The summed E-state index contributed by atoms with van der Waals surface area (Å²) in [5.41, 5.74) is 1.37. The maximum absolute atomic E-state index is 12.3. The molecule has 0 spiro atoms. The fourth-order valence-electron chi connectivity index (χ4n) is 2.45. The van der Waals surface area contributed by atoms with Crippen LogP contribution in [-0.4, -0.2) is 22.8 Å². The first kappa shape index (κ1) is 17.7. The van der Waals surface area contributed by atoms with Crippen LogP contribution >= 0.6 is 11.6 Å². The molecule has 0 aliphatic carbocycles. The molecule has 2 aromatic carbocycles. The molecule has 1 heterocycles. The highest BCUT2D eigenvalue weighted by molar-refractivity contribution is 6.33. The van der Waals surface area contributed by atoms with Crippen molar-refractivity contribution < 1.29 is 9.53 Å². The number of ether oxygens (including phenoxy) is 1. The Hall–Kier alpha value is -3.12. The fourth-order valence-corrected chi connectivity index (χ4v) is 2.63. The van der Waals surface area contributed by atoms with Crippen molar-refractivity contribution in [3.63, 3.8) is 0 Å². The molecule has 3 aromatic rings. The van der Waals surface area contributed by atoms with E-state index in [0.29, 0.717) is 22.2 Å². The lowest BCUT2D eigenvalue weighted by Gasteiger charge is -2.11. The third kappa shape index (κ3) is 3.92. The average Bonchev–Trinajstić information content (AvgIpc) is 2.65. The van der Waals surface area contributed by atoms with Gasteiger partial charge in [-0.15, -0.1) is 0 Å². The van der Waals surface area contributed by atoms with Gasteiger partial charge >= 0.3 is 0 Å². The van der Waals surface area contributed by atoms with Crippen molar-refractivity contribution in [2.75, 3.05) is 12.4 Å².